The van der Waals surface area contributed by atoms with Gasteiger partial charge in [-0.05, 0) is 36.4 Å². The van der Waals surface area contributed by atoms with E-state index >= 15 is 0 Å². The number of nitrogens with zero attached hydrogens (tertiary/aromatic N) is 3. The van der Waals surface area contributed by atoms with Crippen LogP contribution >= 0.6 is 0 Å². The molecule has 3 heteroatoms. The van der Waals surface area contributed by atoms with Crippen molar-refractivity contribution in [2.45, 2.75) is 0 Å². The first-order valence-electron chi connectivity index (χ1n) is 5.51. The largest absolute Gasteiger partial charge is 0.248 e. The quantitative estimate of drug-likeness (QED) is 0.645. The molecule has 0 aliphatic carbocycles. The molecule has 0 fully saturated rings. The number of hydrogen-bond acceptors (Lipinski definition) is 3. The molecule has 2 heterocycles. The SMILES string of the molecule is N#Cc1ncccc1-c1ccc2c[c]ccc2n1. The van der Waals surface area contributed by atoms with Crippen LogP contribution in [0.3, 0.4) is 0 Å². The fraction of sp³-hybridized carbons (Fsp3) is 0. The van der Waals surface area contributed by atoms with Crippen LogP contribution in [-0.4, -0.2) is 9.97 Å². The highest BCUT2D eigenvalue weighted by Crippen LogP contribution is 2.22. The van der Waals surface area contributed by atoms with E-state index in [2.05, 4.69) is 22.1 Å². The molecule has 1 aromatic carbocycles. The summed E-state index contributed by atoms with van der Waals surface area (Å²) in [7, 11) is 0. The summed E-state index contributed by atoms with van der Waals surface area (Å²) in [5.41, 5.74) is 2.80. The molecule has 3 aromatic rings. The van der Waals surface area contributed by atoms with Crippen LogP contribution in [0, 0.1) is 17.4 Å². The average Bonchev–Trinajstić information content (AvgIpc) is 2.46. The minimum atomic E-state index is 0.395. The average molecular weight is 230 g/mol. The molecule has 0 unspecified atom stereocenters. The Morgan fingerprint density at radius 2 is 2.11 bits per heavy atom. The lowest BCUT2D eigenvalue weighted by Crippen LogP contribution is -1.91. The Kier molecular flexibility index (Phi) is 2.47. The lowest BCUT2D eigenvalue weighted by molar-refractivity contribution is 1.25. The summed E-state index contributed by atoms with van der Waals surface area (Å²) < 4.78 is 0. The normalized spacial score (nSPS) is 10.2. The van der Waals surface area contributed by atoms with Crippen molar-refractivity contribution >= 4 is 10.9 Å². The summed E-state index contributed by atoms with van der Waals surface area (Å²) in [4.78, 5) is 8.59. The van der Waals surface area contributed by atoms with Crippen molar-refractivity contribution in [1.29, 1.82) is 5.26 Å². The highest BCUT2D eigenvalue weighted by Gasteiger charge is 2.07. The van der Waals surface area contributed by atoms with Crippen molar-refractivity contribution in [3.05, 3.63) is 60.4 Å². The van der Waals surface area contributed by atoms with Crippen LogP contribution in [0.1, 0.15) is 5.69 Å². The van der Waals surface area contributed by atoms with Gasteiger partial charge in [-0.15, -0.1) is 0 Å². The molecule has 0 N–H and O–H groups in total. The number of hydrogen-bond donors (Lipinski definition) is 0. The van der Waals surface area contributed by atoms with E-state index in [0.29, 0.717) is 5.69 Å². The number of pyridine rings is 2. The molecule has 0 saturated heterocycles. The third kappa shape index (κ3) is 1.70. The minimum absolute atomic E-state index is 0.395. The standard InChI is InChI=1S/C15H8N3/c16-10-15-12(5-3-9-17-15)14-8-7-11-4-1-2-6-13(11)18-14/h2-9H. The Balaban J connectivity index is 2.23. The Morgan fingerprint density at radius 3 is 3.00 bits per heavy atom. The number of rotatable bonds is 1. The molecule has 0 spiro atoms. The predicted molar refractivity (Wildman–Crippen MR) is 68.5 cm³/mol. The van der Waals surface area contributed by atoms with E-state index in [1.807, 2.05) is 36.4 Å². The molecule has 3 nitrogen and oxygen atoms in total. The lowest BCUT2D eigenvalue weighted by atomic mass is 10.1. The zero-order valence-electron chi connectivity index (χ0n) is 9.46. The number of fused-ring (bicyclic) bond motifs is 1. The lowest BCUT2D eigenvalue weighted by Gasteiger charge is -2.03. The van der Waals surface area contributed by atoms with Crippen LogP contribution in [0.15, 0.2) is 48.7 Å². The number of benzene rings is 1. The molecule has 1 radical (unpaired) electrons. The number of nitriles is 1. The van der Waals surface area contributed by atoms with E-state index in [9.17, 15) is 0 Å². The zero-order valence-corrected chi connectivity index (χ0v) is 9.46. The molecule has 0 atom stereocenters. The van der Waals surface area contributed by atoms with Crippen LogP contribution in [0.5, 0.6) is 0 Å². The van der Waals surface area contributed by atoms with Gasteiger partial charge in [0.05, 0.1) is 11.2 Å². The van der Waals surface area contributed by atoms with Gasteiger partial charge in [-0.2, -0.15) is 5.26 Å². The van der Waals surface area contributed by atoms with Crippen LogP contribution in [0.4, 0.5) is 0 Å². The van der Waals surface area contributed by atoms with E-state index < -0.39 is 0 Å². The maximum atomic E-state index is 9.05. The Bertz CT molecular complexity index is 757. The minimum Gasteiger partial charge on any atom is -0.248 e. The summed E-state index contributed by atoms with van der Waals surface area (Å²) in [6.07, 6.45) is 1.61. The van der Waals surface area contributed by atoms with Gasteiger partial charge >= 0.3 is 0 Å². The van der Waals surface area contributed by atoms with Crippen molar-refractivity contribution in [3.63, 3.8) is 0 Å². The molecular formula is C15H8N3. The second kappa shape index (κ2) is 4.27. The van der Waals surface area contributed by atoms with Gasteiger partial charge < -0.3 is 0 Å². The fourth-order valence-electron chi connectivity index (χ4n) is 1.86. The summed E-state index contributed by atoms with van der Waals surface area (Å²) in [6, 6.07) is 18.3. The third-order valence-corrected chi connectivity index (χ3v) is 2.72. The van der Waals surface area contributed by atoms with Crippen LogP contribution in [-0.2, 0) is 0 Å². The van der Waals surface area contributed by atoms with Gasteiger partial charge in [-0.3, -0.25) is 0 Å². The molecular weight excluding hydrogens is 222 g/mol. The smallest absolute Gasteiger partial charge is 0.149 e. The van der Waals surface area contributed by atoms with Gasteiger partial charge in [0.25, 0.3) is 0 Å². The fourth-order valence-corrected chi connectivity index (χ4v) is 1.86. The molecule has 0 aliphatic heterocycles. The van der Waals surface area contributed by atoms with Crippen molar-refractivity contribution in [2.24, 2.45) is 0 Å². The predicted octanol–water partition coefficient (Wildman–Crippen LogP) is 2.97. The van der Waals surface area contributed by atoms with Gasteiger partial charge in [0, 0.05) is 17.1 Å². The highest BCUT2D eigenvalue weighted by atomic mass is 14.7. The maximum Gasteiger partial charge on any atom is 0.149 e. The summed E-state index contributed by atoms with van der Waals surface area (Å²) >= 11 is 0. The monoisotopic (exact) mass is 230 g/mol. The Labute approximate surface area is 104 Å². The van der Waals surface area contributed by atoms with Crippen LogP contribution < -0.4 is 0 Å². The van der Waals surface area contributed by atoms with Gasteiger partial charge in [-0.25, -0.2) is 9.97 Å². The zero-order chi connectivity index (χ0) is 12.4. The summed E-state index contributed by atoms with van der Waals surface area (Å²) in [6.45, 7) is 0. The van der Waals surface area contributed by atoms with E-state index in [0.717, 1.165) is 22.2 Å². The van der Waals surface area contributed by atoms with E-state index in [-0.39, 0.29) is 0 Å². The van der Waals surface area contributed by atoms with Gasteiger partial charge in [-0.1, -0.05) is 12.1 Å². The molecule has 0 bridgehead atoms. The highest BCUT2D eigenvalue weighted by molar-refractivity contribution is 5.81. The van der Waals surface area contributed by atoms with Crippen LogP contribution in [0.2, 0.25) is 0 Å². The van der Waals surface area contributed by atoms with Crippen LogP contribution in [0.25, 0.3) is 22.2 Å². The van der Waals surface area contributed by atoms with E-state index in [1.54, 1.807) is 12.3 Å². The Hall–Kier alpha value is -2.73. The van der Waals surface area contributed by atoms with Crippen molar-refractivity contribution in [2.75, 3.05) is 0 Å². The first-order chi connectivity index (χ1) is 8.88. The molecule has 18 heavy (non-hydrogen) atoms. The Morgan fingerprint density at radius 1 is 1.17 bits per heavy atom. The first kappa shape index (κ1) is 10.4. The topological polar surface area (TPSA) is 49.6 Å². The van der Waals surface area contributed by atoms with Crippen molar-refractivity contribution in [1.82, 2.24) is 9.97 Å². The second-order valence-corrected chi connectivity index (χ2v) is 3.83. The molecule has 0 aliphatic rings. The maximum absolute atomic E-state index is 9.05. The van der Waals surface area contributed by atoms with Gasteiger partial charge in [0.2, 0.25) is 0 Å². The first-order valence-corrected chi connectivity index (χ1v) is 5.51. The summed E-state index contributed by atoms with van der Waals surface area (Å²) in [5, 5.41) is 10.1. The van der Waals surface area contributed by atoms with Gasteiger partial charge in [0.15, 0.2) is 0 Å². The van der Waals surface area contributed by atoms with E-state index in [4.69, 9.17) is 5.26 Å². The molecule has 0 amide bonds. The van der Waals surface area contributed by atoms with E-state index in [1.165, 1.54) is 0 Å². The molecule has 83 valence electrons. The van der Waals surface area contributed by atoms with Crippen molar-refractivity contribution < 1.29 is 0 Å². The second-order valence-electron chi connectivity index (χ2n) is 3.83. The number of aromatic nitrogens is 2. The molecule has 3 rings (SSSR count). The molecule has 2 aromatic heterocycles. The van der Waals surface area contributed by atoms with Crippen molar-refractivity contribution in [3.8, 4) is 17.3 Å². The third-order valence-electron chi connectivity index (χ3n) is 2.72. The van der Waals surface area contributed by atoms with Gasteiger partial charge in [0.1, 0.15) is 11.8 Å². The summed E-state index contributed by atoms with van der Waals surface area (Å²) in [5.74, 6) is 0. The molecule has 0 saturated carbocycles.